The molecule has 0 bridgehead atoms. The maximum absolute atomic E-state index is 12.1. The smallest absolute Gasteiger partial charge is 0.260 e. The Balaban J connectivity index is 2.14. The van der Waals surface area contributed by atoms with Gasteiger partial charge in [-0.05, 0) is 36.6 Å². The lowest BCUT2D eigenvalue weighted by Gasteiger charge is -2.23. The average molecular weight is 359 g/mol. The molecule has 0 saturated carbocycles. The summed E-state index contributed by atoms with van der Waals surface area (Å²) < 4.78 is 25.4. The Bertz CT molecular complexity index is 878. The third-order valence-corrected chi connectivity index (χ3v) is 4.86. The average Bonchev–Trinajstić information content (AvgIpc) is 2.55. The number of nitrogens with one attached hydrogen (secondary N) is 1. The van der Waals surface area contributed by atoms with Crippen molar-refractivity contribution in [2.75, 3.05) is 17.1 Å². The van der Waals surface area contributed by atoms with Crippen LogP contribution in [0.1, 0.15) is 16.7 Å². The molecule has 0 aliphatic carbocycles. The molecule has 0 fully saturated rings. The van der Waals surface area contributed by atoms with Crippen LogP contribution in [0.15, 0.2) is 53.6 Å². The van der Waals surface area contributed by atoms with E-state index >= 15 is 0 Å². The van der Waals surface area contributed by atoms with Gasteiger partial charge in [-0.15, -0.1) is 0 Å². The molecular weight excluding hydrogens is 338 g/mol. The van der Waals surface area contributed by atoms with Crippen molar-refractivity contribution in [3.05, 3.63) is 65.2 Å². The summed E-state index contributed by atoms with van der Waals surface area (Å²) in [6.45, 7) is 3.38. The number of aryl methyl sites for hydroxylation is 1. The predicted octanol–water partition coefficient (Wildman–Crippen LogP) is 2.22. The van der Waals surface area contributed by atoms with Gasteiger partial charge in [0.25, 0.3) is 5.91 Å². The molecule has 25 heavy (non-hydrogen) atoms. The van der Waals surface area contributed by atoms with Gasteiger partial charge in [0, 0.05) is 0 Å². The van der Waals surface area contributed by atoms with E-state index in [1.165, 1.54) is 6.21 Å². The van der Waals surface area contributed by atoms with Gasteiger partial charge in [-0.2, -0.15) is 5.10 Å². The van der Waals surface area contributed by atoms with E-state index in [4.69, 9.17) is 0 Å². The highest BCUT2D eigenvalue weighted by Gasteiger charge is 2.22. The molecule has 0 heterocycles. The maximum atomic E-state index is 12.1. The third-order valence-electron chi connectivity index (χ3n) is 3.73. The number of hydrazone groups is 1. The lowest BCUT2D eigenvalue weighted by molar-refractivity contribution is -0.119. The van der Waals surface area contributed by atoms with Crippen LogP contribution in [0.25, 0.3) is 0 Å². The van der Waals surface area contributed by atoms with Crippen molar-refractivity contribution in [2.45, 2.75) is 13.8 Å². The Labute approximate surface area is 148 Å². The number of nitrogens with zero attached hydrogens (tertiary/aromatic N) is 2. The standard InChI is InChI=1S/C18H21N3O3S/c1-14-8-7-11-17(15(14)2)21(25(3,23)24)13-18(22)20-19-12-16-9-5-4-6-10-16/h4-12H,13H2,1-3H3,(H,20,22)/b19-12-. The van der Waals surface area contributed by atoms with Crippen LogP contribution in [0.3, 0.4) is 0 Å². The first-order valence-corrected chi connectivity index (χ1v) is 9.55. The van der Waals surface area contributed by atoms with Crippen molar-refractivity contribution in [3.63, 3.8) is 0 Å². The zero-order chi connectivity index (χ0) is 18.4. The molecule has 0 aliphatic heterocycles. The van der Waals surface area contributed by atoms with Crippen molar-refractivity contribution in [3.8, 4) is 0 Å². The zero-order valence-corrected chi connectivity index (χ0v) is 15.2. The van der Waals surface area contributed by atoms with Crippen LogP contribution in [0, 0.1) is 13.8 Å². The van der Waals surface area contributed by atoms with E-state index in [2.05, 4.69) is 10.5 Å². The van der Waals surface area contributed by atoms with Gasteiger partial charge >= 0.3 is 0 Å². The van der Waals surface area contributed by atoms with Gasteiger partial charge in [-0.3, -0.25) is 9.10 Å². The molecular formula is C18H21N3O3S. The van der Waals surface area contributed by atoms with Crippen LogP contribution in [0.4, 0.5) is 5.69 Å². The Morgan fingerprint density at radius 2 is 1.80 bits per heavy atom. The van der Waals surface area contributed by atoms with E-state index < -0.39 is 15.9 Å². The molecule has 0 saturated heterocycles. The van der Waals surface area contributed by atoms with Gasteiger partial charge in [0.15, 0.2) is 0 Å². The minimum atomic E-state index is -3.61. The van der Waals surface area contributed by atoms with Gasteiger partial charge < -0.3 is 0 Å². The molecule has 0 atom stereocenters. The highest BCUT2D eigenvalue weighted by atomic mass is 32.2. The summed E-state index contributed by atoms with van der Waals surface area (Å²) in [5, 5.41) is 3.86. The summed E-state index contributed by atoms with van der Waals surface area (Å²) in [7, 11) is -3.61. The number of carbonyl (C=O) groups is 1. The van der Waals surface area contributed by atoms with Gasteiger partial charge in [-0.1, -0.05) is 42.5 Å². The van der Waals surface area contributed by atoms with Crippen molar-refractivity contribution < 1.29 is 13.2 Å². The number of sulfonamides is 1. The fraction of sp³-hybridized carbons (Fsp3) is 0.222. The zero-order valence-electron chi connectivity index (χ0n) is 14.4. The monoisotopic (exact) mass is 359 g/mol. The lowest BCUT2D eigenvalue weighted by atomic mass is 10.1. The Hall–Kier alpha value is -2.67. The van der Waals surface area contributed by atoms with E-state index in [9.17, 15) is 13.2 Å². The molecule has 7 heteroatoms. The van der Waals surface area contributed by atoms with Gasteiger partial charge in [0.2, 0.25) is 10.0 Å². The van der Waals surface area contributed by atoms with E-state index in [1.54, 1.807) is 12.1 Å². The minimum Gasteiger partial charge on any atom is -0.271 e. The van der Waals surface area contributed by atoms with E-state index in [0.717, 1.165) is 27.3 Å². The summed E-state index contributed by atoms with van der Waals surface area (Å²) in [6, 6.07) is 14.6. The SMILES string of the molecule is Cc1cccc(N(CC(=O)N/N=C\c2ccccc2)S(C)(=O)=O)c1C. The molecule has 6 nitrogen and oxygen atoms in total. The molecule has 0 spiro atoms. The van der Waals surface area contributed by atoms with Crippen LogP contribution in [0.2, 0.25) is 0 Å². The molecule has 0 radical (unpaired) electrons. The molecule has 1 amide bonds. The van der Waals surface area contributed by atoms with Crippen molar-refractivity contribution in [1.29, 1.82) is 0 Å². The molecule has 2 aromatic rings. The summed E-state index contributed by atoms with van der Waals surface area (Å²) >= 11 is 0. The maximum Gasteiger partial charge on any atom is 0.260 e. The number of anilines is 1. The van der Waals surface area contributed by atoms with Crippen LogP contribution in [-0.2, 0) is 14.8 Å². The Kier molecular flexibility index (Phi) is 5.93. The largest absolute Gasteiger partial charge is 0.271 e. The molecule has 132 valence electrons. The van der Waals surface area contributed by atoms with Crippen molar-refractivity contribution >= 4 is 27.8 Å². The van der Waals surface area contributed by atoms with Gasteiger partial charge in [-0.25, -0.2) is 13.8 Å². The molecule has 0 aliphatic rings. The highest BCUT2D eigenvalue weighted by Crippen LogP contribution is 2.24. The van der Waals surface area contributed by atoms with Gasteiger partial charge in [0.05, 0.1) is 18.2 Å². The number of hydrogen-bond donors (Lipinski definition) is 1. The first-order valence-electron chi connectivity index (χ1n) is 7.70. The van der Waals surface area contributed by atoms with E-state index in [1.807, 2.05) is 50.2 Å². The minimum absolute atomic E-state index is 0.338. The third kappa shape index (κ3) is 5.15. The van der Waals surface area contributed by atoms with Crippen LogP contribution >= 0.6 is 0 Å². The fourth-order valence-electron chi connectivity index (χ4n) is 2.27. The predicted molar refractivity (Wildman–Crippen MR) is 100 cm³/mol. The fourth-order valence-corrected chi connectivity index (χ4v) is 3.18. The first kappa shape index (κ1) is 18.7. The molecule has 2 rings (SSSR count). The molecule has 1 N–H and O–H groups in total. The van der Waals surface area contributed by atoms with E-state index in [-0.39, 0.29) is 6.54 Å². The summed E-state index contributed by atoms with van der Waals surface area (Å²) in [6.07, 6.45) is 2.58. The van der Waals surface area contributed by atoms with Crippen LogP contribution in [-0.4, -0.2) is 33.3 Å². The Morgan fingerprint density at radius 3 is 2.44 bits per heavy atom. The highest BCUT2D eigenvalue weighted by molar-refractivity contribution is 7.92. The van der Waals surface area contributed by atoms with Gasteiger partial charge in [0.1, 0.15) is 6.54 Å². The second-order valence-corrected chi connectivity index (χ2v) is 7.60. The topological polar surface area (TPSA) is 78.8 Å². The summed E-state index contributed by atoms with van der Waals surface area (Å²) in [5.41, 5.74) is 5.45. The first-order chi connectivity index (χ1) is 11.8. The second kappa shape index (κ2) is 7.94. The van der Waals surface area contributed by atoms with Crippen LogP contribution < -0.4 is 9.73 Å². The quantitative estimate of drug-likeness (QED) is 0.634. The molecule has 2 aromatic carbocycles. The molecule has 0 unspecified atom stereocenters. The van der Waals surface area contributed by atoms with Crippen LogP contribution in [0.5, 0.6) is 0 Å². The Morgan fingerprint density at radius 1 is 1.12 bits per heavy atom. The van der Waals surface area contributed by atoms with Crippen molar-refractivity contribution in [2.24, 2.45) is 5.10 Å². The molecule has 0 aromatic heterocycles. The number of amides is 1. The number of rotatable bonds is 6. The van der Waals surface area contributed by atoms with E-state index in [0.29, 0.717) is 5.69 Å². The lowest BCUT2D eigenvalue weighted by Crippen LogP contribution is -2.39. The second-order valence-electron chi connectivity index (χ2n) is 5.69. The number of hydrogen-bond acceptors (Lipinski definition) is 4. The summed E-state index contributed by atoms with van der Waals surface area (Å²) in [5.74, 6) is -0.515. The summed E-state index contributed by atoms with van der Waals surface area (Å²) in [4.78, 5) is 12.1. The number of benzene rings is 2. The normalized spacial score (nSPS) is 11.5. The number of carbonyl (C=O) groups excluding carboxylic acids is 1. The van der Waals surface area contributed by atoms with Crippen molar-refractivity contribution in [1.82, 2.24) is 5.43 Å².